The summed E-state index contributed by atoms with van der Waals surface area (Å²) in [6, 6.07) is 28.6. The van der Waals surface area contributed by atoms with Gasteiger partial charge < -0.3 is 14.8 Å². The van der Waals surface area contributed by atoms with E-state index in [0.717, 1.165) is 11.1 Å². The minimum Gasteiger partial charge on any atom is -0.496 e. The van der Waals surface area contributed by atoms with Gasteiger partial charge in [-0.15, -0.1) is 0 Å². The van der Waals surface area contributed by atoms with Gasteiger partial charge in [0, 0.05) is 28.4 Å². The van der Waals surface area contributed by atoms with Crippen molar-refractivity contribution in [3.63, 3.8) is 0 Å². The van der Waals surface area contributed by atoms with Gasteiger partial charge in [0.25, 0.3) is 5.91 Å². The Morgan fingerprint density at radius 1 is 0.944 bits per heavy atom. The molecule has 0 spiro atoms. The summed E-state index contributed by atoms with van der Waals surface area (Å²) in [7, 11) is 1.59. The van der Waals surface area contributed by atoms with Crippen molar-refractivity contribution in [2.75, 3.05) is 12.4 Å². The van der Waals surface area contributed by atoms with Crippen LogP contribution in [0.1, 0.15) is 21.5 Å². The molecule has 0 aliphatic carbocycles. The first-order chi connectivity index (χ1) is 17.6. The Bertz CT molecular complexity index is 1510. The van der Waals surface area contributed by atoms with Crippen LogP contribution in [0.15, 0.2) is 97.2 Å². The smallest absolute Gasteiger partial charge is 0.256 e. The van der Waals surface area contributed by atoms with E-state index in [4.69, 9.17) is 21.1 Å². The summed E-state index contributed by atoms with van der Waals surface area (Å²) in [4.78, 5) is 13.0. The lowest BCUT2D eigenvalue weighted by Crippen LogP contribution is -2.14. The fourth-order valence-corrected chi connectivity index (χ4v) is 4.16. The van der Waals surface area contributed by atoms with Crippen LogP contribution >= 0.6 is 11.6 Å². The number of anilines is 1. The summed E-state index contributed by atoms with van der Waals surface area (Å²) in [5.74, 6) is 1.53. The molecule has 5 rings (SSSR count). The highest BCUT2D eigenvalue weighted by Crippen LogP contribution is 2.24. The van der Waals surface area contributed by atoms with E-state index in [1.54, 1.807) is 55.6 Å². The Morgan fingerprint density at radius 2 is 1.75 bits per heavy atom. The normalized spacial score (nSPS) is 10.8. The van der Waals surface area contributed by atoms with Crippen LogP contribution in [-0.4, -0.2) is 22.8 Å². The molecule has 0 bridgehead atoms. The highest BCUT2D eigenvalue weighted by molar-refractivity contribution is 6.30. The third-order valence-corrected chi connectivity index (χ3v) is 6.10. The summed E-state index contributed by atoms with van der Waals surface area (Å²) in [5.41, 5.74) is 2.39. The quantitative estimate of drug-likeness (QED) is 0.263. The van der Waals surface area contributed by atoms with Gasteiger partial charge in [-0.1, -0.05) is 54.1 Å². The third-order valence-electron chi connectivity index (χ3n) is 5.85. The van der Waals surface area contributed by atoms with Crippen molar-refractivity contribution in [2.45, 2.75) is 13.2 Å². The SMILES string of the molecule is COc1ccc(C(=O)Nc2ccn(Cc3cccc4ccccc34)n2)cc1COc1ccc(Cl)cc1. The standard InChI is InChI=1S/C29H24ClN3O3/c1-35-27-14-9-21(17-23(27)19-36-25-12-10-24(30)11-13-25)29(34)31-28-15-16-33(32-28)18-22-7-4-6-20-5-2-3-8-26(20)22/h2-17H,18-19H2,1H3,(H,31,32,34). The van der Waals surface area contributed by atoms with Crippen LogP contribution in [-0.2, 0) is 13.2 Å². The van der Waals surface area contributed by atoms with Crippen molar-refractivity contribution in [1.29, 1.82) is 0 Å². The molecule has 7 heteroatoms. The van der Waals surface area contributed by atoms with E-state index in [2.05, 4.69) is 34.7 Å². The number of hydrogen-bond donors (Lipinski definition) is 1. The molecule has 36 heavy (non-hydrogen) atoms. The van der Waals surface area contributed by atoms with Crippen LogP contribution in [0.25, 0.3) is 10.8 Å². The zero-order chi connectivity index (χ0) is 24.9. The molecule has 1 aromatic heterocycles. The highest BCUT2D eigenvalue weighted by atomic mass is 35.5. The number of benzene rings is 4. The first-order valence-electron chi connectivity index (χ1n) is 11.5. The van der Waals surface area contributed by atoms with Gasteiger partial charge in [0.15, 0.2) is 5.82 Å². The van der Waals surface area contributed by atoms with E-state index in [9.17, 15) is 4.79 Å². The van der Waals surface area contributed by atoms with Crippen LogP contribution in [0.5, 0.6) is 11.5 Å². The molecule has 0 saturated heterocycles. The molecule has 0 radical (unpaired) electrons. The number of methoxy groups -OCH3 is 1. The lowest BCUT2D eigenvalue weighted by molar-refractivity contribution is 0.102. The Labute approximate surface area is 214 Å². The average molecular weight is 498 g/mol. The second-order valence-corrected chi connectivity index (χ2v) is 8.70. The summed E-state index contributed by atoms with van der Waals surface area (Å²) < 4.78 is 13.1. The first-order valence-corrected chi connectivity index (χ1v) is 11.8. The topological polar surface area (TPSA) is 65.4 Å². The number of carbonyl (C=O) groups excluding carboxylic acids is 1. The molecule has 0 saturated carbocycles. The summed E-state index contributed by atoms with van der Waals surface area (Å²) in [5, 5.41) is 10.4. The first kappa shape index (κ1) is 23.5. The van der Waals surface area contributed by atoms with Crippen LogP contribution in [0.4, 0.5) is 5.82 Å². The number of fused-ring (bicyclic) bond motifs is 1. The second kappa shape index (κ2) is 10.5. The predicted octanol–water partition coefficient (Wildman–Crippen LogP) is 6.58. The monoisotopic (exact) mass is 497 g/mol. The fraction of sp³-hybridized carbons (Fsp3) is 0.103. The average Bonchev–Trinajstić information content (AvgIpc) is 3.35. The molecule has 6 nitrogen and oxygen atoms in total. The summed E-state index contributed by atoms with van der Waals surface area (Å²) in [6.45, 7) is 0.845. The fourth-order valence-electron chi connectivity index (χ4n) is 4.03. The van der Waals surface area contributed by atoms with Crippen LogP contribution < -0.4 is 14.8 Å². The largest absolute Gasteiger partial charge is 0.496 e. The van der Waals surface area contributed by atoms with Gasteiger partial charge in [-0.3, -0.25) is 9.48 Å². The molecular formula is C29H24ClN3O3. The van der Waals surface area contributed by atoms with Gasteiger partial charge in [-0.2, -0.15) is 5.10 Å². The Hall–Kier alpha value is -4.29. The summed E-state index contributed by atoms with van der Waals surface area (Å²) in [6.07, 6.45) is 1.86. The number of hydrogen-bond acceptors (Lipinski definition) is 4. The highest BCUT2D eigenvalue weighted by Gasteiger charge is 2.13. The minimum atomic E-state index is -0.263. The molecule has 0 fully saturated rings. The van der Waals surface area contributed by atoms with Crippen LogP contribution in [0, 0.1) is 0 Å². The number of nitrogens with zero attached hydrogens (tertiary/aromatic N) is 2. The van der Waals surface area contributed by atoms with Gasteiger partial charge in [0.1, 0.15) is 18.1 Å². The van der Waals surface area contributed by atoms with Crippen molar-refractivity contribution < 1.29 is 14.3 Å². The van der Waals surface area contributed by atoms with E-state index < -0.39 is 0 Å². The lowest BCUT2D eigenvalue weighted by Gasteiger charge is -2.12. The van der Waals surface area contributed by atoms with Crippen molar-refractivity contribution in [3.8, 4) is 11.5 Å². The maximum Gasteiger partial charge on any atom is 0.256 e. The predicted molar refractivity (Wildman–Crippen MR) is 142 cm³/mol. The van der Waals surface area contributed by atoms with Crippen molar-refractivity contribution in [2.24, 2.45) is 0 Å². The van der Waals surface area contributed by atoms with Crippen molar-refractivity contribution >= 4 is 34.1 Å². The Balaban J connectivity index is 1.28. The Kier molecular flexibility index (Phi) is 6.87. The number of rotatable bonds is 8. The molecule has 0 aliphatic rings. The maximum atomic E-state index is 13.0. The number of amides is 1. The maximum absolute atomic E-state index is 13.0. The zero-order valence-electron chi connectivity index (χ0n) is 19.6. The molecule has 0 unspecified atom stereocenters. The van der Waals surface area contributed by atoms with Crippen molar-refractivity contribution in [1.82, 2.24) is 9.78 Å². The van der Waals surface area contributed by atoms with Gasteiger partial charge in [-0.05, 0) is 58.8 Å². The van der Waals surface area contributed by atoms with E-state index in [-0.39, 0.29) is 12.5 Å². The van der Waals surface area contributed by atoms with E-state index in [0.29, 0.717) is 34.4 Å². The summed E-state index contributed by atoms with van der Waals surface area (Å²) >= 11 is 5.94. The number of ether oxygens (including phenoxy) is 2. The Morgan fingerprint density at radius 3 is 2.58 bits per heavy atom. The van der Waals surface area contributed by atoms with Gasteiger partial charge >= 0.3 is 0 Å². The molecule has 180 valence electrons. The van der Waals surface area contributed by atoms with E-state index in [1.807, 2.05) is 29.1 Å². The molecule has 1 heterocycles. The molecule has 0 aliphatic heterocycles. The van der Waals surface area contributed by atoms with Gasteiger partial charge in [-0.25, -0.2) is 0 Å². The van der Waals surface area contributed by atoms with E-state index >= 15 is 0 Å². The number of nitrogens with one attached hydrogen (secondary N) is 1. The van der Waals surface area contributed by atoms with Crippen molar-refractivity contribution in [3.05, 3.63) is 119 Å². The zero-order valence-corrected chi connectivity index (χ0v) is 20.4. The number of carbonyl (C=O) groups is 1. The lowest BCUT2D eigenvalue weighted by atomic mass is 10.0. The van der Waals surface area contributed by atoms with Gasteiger partial charge in [0.2, 0.25) is 0 Å². The molecular weight excluding hydrogens is 474 g/mol. The molecule has 5 aromatic rings. The van der Waals surface area contributed by atoms with Crippen LogP contribution in [0.2, 0.25) is 5.02 Å². The number of aromatic nitrogens is 2. The molecule has 1 amide bonds. The molecule has 0 atom stereocenters. The number of halogens is 1. The van der Waals surface area contributed by atoms with E-state index in [1.165, 1.54) is 10.8 Å². The molecule has 1 N–H and O–H groups in total. The minimum absolute atomic E-state index is 0.242. The van der Waals surface area contributed by atoms with Gasteiger partial charge in [0.05, 0.1) is 13.7 Å². The molecule has 4 aromatic carbocycles. The van der Waals surface area contributed by atoms with Crippen LogP contribution in [0.3, 0.4) is 0 Å². The second-order valence-electron chi connectivity index (χ2n) is 8.26. The third kappa shape index (κ3) is 5.34.